The Hall–Kier alpha value is -0.820. The molecule has 0 amide bonds. The molecule has 1 heterocycles. The number of rotatable bonds is 3. The van der Waals surface area contributed by atoms with E-state index in [9.17, 15) is 0 Å². The normalized spacial score (nSPS) is 19.8. The fraction of sp³-hybridized carbons (Fsp3) is 0.538. The van der Waals surface area contributed by atoms with Gasteiger partial charge in [0.1, 0.15) is 0 Å². The number of benzene rings is 1. The molecule has 0 aliphatic carbocycles. The highest BCUT2D eigenvalue weighted by atomic mass is 15.2. The Morgan fingerprint density at radius 3 is 2.36 bits per heavy atom. The van der Waals surface area contributed by atoms with E-state index in [1.165, 1.54) is 37.9 Å². The van der Waals surface area contributed by atoms with Gasteiger partial charge in [-0.05, 0) is 37.9 Å². The van der Waals surface area contributed by atoms with Gasteiger partial charge < -0.3 is 0 Å². The molecule has 0 N–H and O–H groups in total. The maximum Gasteiger partial charge on any atom is 0.0345 e. The third-order valence-electron chi connectivity index (χ3n) is 3.15. The summed E-state index contributed by atoms with van der Waals surface area (Å²) < 4.78 is 0. The second-order valence-corrected chi connectivity index (χ2v) is 4.08. The third kappa shape index (κ3) is 1.98. The lowest BCUT2D eigenvalue weighted by Gasteiger charge is -2.26. The van der Waals surface area contributed by atoms with Gasteiger partial charge in [0.25, 0.3) is 0 Å². The SMILES string of the molecule is CC[C@@H](c1ccccc1)N1CCCC1. The molecule has 1 aromatic rings. The lowest BCUT2D eigenvalue weighted by atomic mass is 10.0. The molecule has 14 heavy (non-hydrogen) atoms. The summed E-state index contributed by atoms with van der Waals surface area (Å²) >= 11 is 0. The van der Waals surface area contributed by atoms with Gasteiger partial charge >= 0.3 is 0 Å². The summed E-state index contributed by atoms with van der Waals surface area (Å²) in [6.45, 7) is 4.86. The zero-order valence-corrected chi connectivity index (χ0v) is 8.95. The van der Waals surface area contributed by atoms with Gasteiger partial charge in [-0.3, -0.25) is 4.90 Å². The van der Waals surface area contributed by atoms with Crippen molar-refractivity contribution in [3.8, 4) is 0 Å². The average molecular weight is 189 g/mol. The van der Waals surface area contributed by atoms with Gasteiger partial charge in [-0.25, -0.2) is 0 Å². The van der Waals surface area contributed by atoms with Crippen molar-refractivity contribution in [3.63, 3.8) is 0 Å². The molecule has 1 heteroatoms. The van der Waals surface area contributed by atoms with Gasteiger partial charge in [0.2, 0.25) is 0 Å². The van der Waals surface area contributed by atoms with Crippen LogP contribution in [0.25, 0.3) is 0 Å². The number of hydrogen-bond donors (Lipinski definition) is 0. The molecule has 1 aromatic carbocycles. The van der Waals surface area contributed by atoms with Crippen molar-refractivity contribution < 1.29 is 0 Å². The maximum absolute atomic E-state index is 2.62. The Morgan fingerprint density at radius 1 is 1.14 bits per heavy atom. The Balaban J connectivity index is 2.12. The first-order chi connectivity index (χ1) is 6.92. The summed E-state index contributed by atoms with van der Waals surface area (Å²) in [5.74, 6) is 0. The fourth-order valence-electron chi connectivity index (χ4n) is 2.43. The van der Waals surface area contributed by atoms with E-state index in [4.69, 9.17) is 0 Å². The minimum absolute atomic E-state index is 0.652. The zero-order chi connectivity index (χ0) is 9.80. The van der Waals surface area contributed by atoms with Crippen LogP contribution in [-0.4, -0.2) is 18.0 Å². The van der Waals surface area contributed by atoms with Gasteiger partial charge in [-0.15, -0.1) is 0 Å². The first-order valence-electron chi connectivity index (χ1n) is 5.71. The molecular formula is C13H19N. The van der Waals surface area contributed by atoms with Crippen molar-refractivity contribution in [1.29, 1.82) is 0 Å². The van der Waals surface area contributed by atoms with Gasteiger partial charge in [0, 0.05) is 6.04 Å². The van der Waals surface area contributed by atoms with Crippen LogP contribution in [0.3, 0.4) is 0 Å². The van der Waals surface area contributed by atoms with Crippen LogP contribution in [0.1, 0.15) is 37.8 Å². The Bertz CT molecular complexity index is 262. The highest BCUT2D eigenvalue weighted by molar-refractivity contribution is 5.19. The molecule has 1 saturated heterocycles. The molecule has 0 radical (unpaired) electrons. The second-order valence-electron chi connectivity index (χ2n) is 4.08. The van der Waals surface area contributed by atoms with Crippen LogP contribution in [0.2, 0.25) is 0 Å². The molecule has 0 unspecified atom stereocenters. The predicted octanol–water partition coefficient (Wildman–Crippen LogP) is 3.23. The van der Waals surface area contributed by atoms with E-state index < -0.39 is 0 Å². The lowest BCUT2D eigenvalue weighted by Crippen LogP contribution is -2.24. The standard InChI is InChI=1S/C13H19N/c1-2-13(14-10-6-7-11-14)12-8-4-3-5-9-12/h3-5,8-9,13H,2,6-7,10-11H2,1H3/t13-/m0/s1. The van der Waals surface area contributed by atoms with Gasteiger partial charge in [-0.2, -0.15) is 0 Å². The first kappa shape index (κ1) is 9.72. The highest BCUT2D eigenvalue weighted by Crippen LogP contribution is 2.27. The Labute approximate surface area is 86.7 Å². The van der Waals surface area contributed by atoms with E-state index >= 15 is 0 Å². The van der Waals surface area contributed by atoms with Crippen LogP contribution in [0.15, 0.2) is 30.3 Å². The fourth-order valence-corrected chi connectivity index (χ4v) is 2.43. The Kier molecular flexibility index (Phi) is 3.20. The molecular weight excluding hydrogens is 170 g/mol. The zero-order valence-electron chi connectivity index (χ0n) is 8.95. The van der Waals surface area contributed by atoms with Gasteiger partial charge in [0.15, 0.2) is 0 Å². The third-order valence-corrected chi connectivity index (χ3v) is 3.15. The van der Waals surface area contributed by atoms with Crippen molar-refractivity contribution in [2.24, 2.45) is 0 Å². The highest BCUT2D eigenvalue weighted by Gasteiger charge is 2.21. The molecule has 1 atom stereocenters. The first-order valence-corrected chi connectivity index (χ1v) is 5.71. The summed E-state index contributed by atoms with van der Waals surface area (Å²) in [6, 6.07) is 11.6. The number of nitrogens with zero attached hydrogens (tertiary/aromatic N) is 1. The van der Waals surface area contributed by atoms with E-state index in [-0.39, 0.29) is 0 Å². The summed E-state index contributed by atoms with van der Waals surface area (Å²) in [4.78, 5) is 2.62. The summed E-state index contributed by atoms with van der Waals surface area (Å²) in [7, 11) is 0. The molecule has 1 nitrogen and oxygen atoms in total. The monoisotopic (exact) mass is 189 g/mol. The van der Waals surface area contributed by atoms with Gasteiger partial charge in [-0.1, -0.05) is 37.3 Å². The summed E-state index contributed by atoms with van der Waals surface area (Å²) in [5, 5.41) is 0. The smallest absolute Gasteiger partial charge is 0.0345 e. The van der Waals surface area contributed by atoms with Crippen LogP contribution in [0.5, 0.6) is 0 Å². The molecule has 1 fully saturated rings. The molecule has 0 aromatic heterocycles. The maximum atomic E-state index is 2.62. The molecule has 0 spiro atoms. The van der Waals surface area contributed by atoms with E-state index in [1.54, 1.807) is 0 Å². The van der Waals surface area contributed by atoms with Crippen molar-refractivity contribution in [3.05, 3.63) is 35.9 Å². The molecule has 1 aliphatic rings. The summed E-state index contributed by atoms with van der Waals surface area (Å²) in [5.41, 5.74) is 1.48. The van der Waals surface area contributed by atoms with Crippen molar-refractivity contribution >= 4 is 0 Å². The van der Waals surface area contributed by atoms with E-state index in [1.807, 2.05) is 0 Å². The molecule has 2 rings (SSSR count). The number of hydrogen-bond acceptors (Lipinski definition) is 1. The van der Waals surface area contributed by atoms with Crippen LogP contribution in [-0.2, 0) is 0 Å². The Morgan fingerprint density at radius 2 is 1.79 bits per heavy atom. The largest absolute Gasteiger partial charge is 0.296 e. The van der Waals surface area contributed by atoms with Crippen LogP contribution < -0.4 is 0 Å². The van der Waals surface area contributed by atoms with Crippen LogP contribution >= 0.6 is 0 Å². The molecule has 0 saturated carbocycles. The molecule has 1 aliphatic heterocycles. The minimum Gasteiger partial charge on any atom is -0.296 e. The van der Waals surface area contributed by atoms with Crippen molar-refractivity contribution in [2.75, 3.05) is 13.1 Å². The predicted molar refractivity (Wildman–Crippen MR) is 60.3 cm³/mol. The quantitative estimate of drug-likeness (QED) is 0.705. The average Bonchev–Trinajstić information content (AvgIpc) is 2.74. The number of likely N-dealkylation sites (tertiary alicyclic amines) is 1. The summed E-state index contributed by atoms with van der Waals surface area (Å²) in [6.07, 6.45) is 3.98. The van der Waals surface area contributed by atoms with Gasteiger partial charge in [0.05, 0.1) is 0 Å². The van der Waals surface area contributed by atoms with E-state index in [0.29, 0.717) is 6.04 Å². The molecule has 0 bridgehead atoms. The van der Waals surface area contributed by atoms with Crippen molar-refractivity contribution in [2.45, 2.75) is 32.2 Å². The van der Waals surface area contributed by atoms with E-state index in [2.05, 4.69) is 42.2 Å². The minimum atomic E-state index is 0.652. The van der Waals surface area contributed by atoms with Crippen LogP contribution in [0, 0.1) is 0 Å². The van der Waals surface area contributed by atoms with Crippen molar-refractivity contribution in [1.82, 2.24) is 4.90 Å². The van der Waals surface area contributed by atoms with E-state index in [0.717, 1.165) is 0 Å². The topological polar surface area (TPSA) is 3.24 Å². The van der Waals surface area contributed by atoms with Crippen LogP contribution in [0.4, 0.5) is 0 Å². The lowest BCUT2D eigenvalue weighted by molar-refractivity contribution is 0.239. The molecule has 76 valence electrons. The second kappa shape index (κ2) is 4.61.